The third-order valence-corrected chi connectivity index (χ3v) is 3.35. The number of aryl methyl sites for hydroxylation is 2. The van der Waals surface area contributed by atoms with E-state index in [2.05, 4.69) is 10.6 Å². The maximum atomic E-state index is 12.8. The Labute approximate surface area is 129 Å². The van der Waals surface area contributed by atoms with E-state index in [1.807, 2.05) is 32.0 Å². The van der Waals surface area contributed by atoms with Crippen molar-refractivity contribution in [2.45, 2.75) is 20.0 Å². The second-order valence-electron chi connectivity index (χ2n) is 5.22. The summed E-state index contributed by atoms with van der Waals surface area (Å²) < 4.78 is 12.8. The predicted molar refractivity (Wildman–Crippen MR) is 84.3 cm³/mol. The minimum atomic E-state index is -0.884. The number of amides is 2. The number of urea groups is 1. The molecule has 2 aromatic carbocycles. The van der Waals surface area contributed by atoms with Gasteiger partial charge < -0.3 is 15.7 Å². The Kier molecular flexibility index (Phi) is 5.12. The molecule has 0 heterocycles. The molecule has 0 saturated heterocycles. The minimum absolute atomic E-state index is 0.0440. The van der Waals surface area contributed by atoms with E-state index in [0.717, 1.165) is 16.8 Å². The summed E-state index contributed by atoms with van der Waals surface area (Å²) in [5.41, 5.74) is 3.29. The molecule has 0 saturated carbocycles. The molecule has 116 valence electrons. The topological polar surface area (TPSA) is 61.4 Å². The summed E-state index contributed by atoms with van der Waals surface area (Å²) in [7, 11) is 0. The molecule has 0 radical (unpaired) electrons. The quantitative estimate of drug-likeness (QED) is 0.811. The molecule has 2 aromatic rings. The van der Waals surface area contributed by atoms with Gasteiger partial charge in [-0.2, -0.15) is 0 Å². The SMILES string of the molecule is Cc1ccc(C)c(NC(=O)NCC(O)c2ccc(F)cc2)c1. The average Bonchev–Trinajstić information content (AvgIpc) is 2.49. The second-order valence-corrected chi connectivity index (χ2v) is 5.22. The fourth-order valence-electron chi connectivity index (χ4n) is 2.03. The van der Waals surface area contributed by atoms with Crippen LogP contribution in [0.25, 0.3) is 0 Å². The van der Waals surface area contributed by atoms with Crippen LogP contribution in [-0.4, -0.2) is 17.7 Å². The molecular weight excluding hydrogens is 283 g/mol. The maximum absolute atomic E-state index is 12.8. The smallest absolute Gasteiger partial charge is 0.319 e. The van der Waals surface area contributed by atoms with Gasteiger partial charge in [-0.3, -0.25) is 0 Å². The highest BCUT2D eigenvalue weighted by Crippen LogP contribution is 2.16. The van der Waals surface area contributed by atoms with E-state index in [1.54, 1.807) is 0 Å². The molecule has 22 heavy (non-hydrogen) atoms. The zero-order chi connectivity index (χ0) is 16.1. The highest BCUT2D eigenvalue weighted by atomic mass is 19.1. The molecule has 0 spiro atoms. The Morgan fingerprint density at radius 2 is 1.86 bits per heavy atom. The molecule has 1 unspecified atom stereocenters. The first-order valence-corrected chi connectivity index (χ1v) is 7.01. The third kappa shape index (κ3) is 4.30. The summed E-state index contributed by atoms with van der Waals surface area (Å²) in [6.07, 6.45) is -0.884. The molecule has 4 nitrogen and oxygen atoms in total. The van der Waals surface area contributed by atoms with Gasteiger partial charge in [0.1, 0.15) is 5.82 Å². The number of anilines is 1. The standard InChI is InChI=1S/C17H19FN2O2/c1-11-3-4-12(2)15(9-11)20-17(22)19-10-16(21)13-5-7-14(18)8-6-13/h3-9,16,21H,10H2,1-2H3,(H2,19,20,22). The lowest BCUT2D eigenvalue weighted by atomic mass is 10.1. The van der Waals surface area contributed by atoms with Crippen LogP contribution in [0, 0.1) is 19.7 Å². The van der Waals surface area contributed by atoms with E-state index in [9.17, 15) is 14.3 Å². The van der Waals surface area contributed by atoms with Crippen LogP contribution in [0.4, 0.5) is 14.9 Å². The van der Waals surface area contributed by atoms with Crippen molar-refractivity contribution in [1.82, 2.24) is 5.32 Å². The number of aliphatic hydroxyl groups excluding tert-OH is 1. The number of rotatable bonds is 4. The van der Waals surface area contributed by atoms with Crippen LogP contribution in [0.15, 0.2) is 42.5 Å². The number of hydrogen-bond donors (Lipinski definition) is 3. The van der Waals surface area contributed by atoms with Crippen molar-refractivity contribution in [3.63, 3.8) is 0 Å². The van der Waals surface area contributed by atoms with Gasteiger partial charge in [0.15, 0.2) is 0 Å². The van der Waals surface area contributed by atoms with Gasteiger partial charge in [0.2, 0.25) is 0 Å². The molecule has 0 bridgehead atoms. The van der Waals surface area contributed by atoms with Crippen molar-refractivity contribution >= 4 is 11.7 Å². The number of hydrogen-bond acceptors (Lipinski definition) is 2. The Balaban J connectivity index is 1.89. The van der Waals surface area contributed by atoms with Crippen LogP contribution in [0.3, 0.4) is 0 Å². The molecular formula is C17H19FN2O2. The van der Waals surface area contributed by atoms with E-state index >= 15 is 0 Å². The molecule has 3 N–H and O–H groups in total. The van der Waals surface area contributed by atoms with E-state index in [4.69, 9.17) is 0 Å². The summed E-state index contributed by atoms with van der Waals surface area (Å²) in [6, 6.07) is 10.9. The largest absolute Gasteiger partial charge is 0.387 e. The third-order valence-electron chi connectivity index (χ3n) is 3.35. The summed E-state index contributed by atoms with van der Waals surface area (Å²) in [6.45, 7) is 3.89. The Morgan fingerprint density at radius 3 is 2.55 bits per heavy atom. The molecule has 0 fully saturated rings. The Hall–Kier alpha value is -2.40. The van der Waals surface area contributed by atoms with Gasteiger partial charge in [0, 0.05) is 12.2 Å². The summed E-state index contributed by atoms with van der Waals surface area (Å²) in [4.78, 5) is 11.9. The van der Waals surface area contributed by atoms with E-state index in [-0.39, 0.29) is 12.4 Å². The molecule has 2 rings (SSSR count). The maximum Gasteiger partial charge on any atom is 0.319 e. The van der Waals surface area contributed by atoms with Crippen molar-refractivity contribution < 1.29 is 14.3 Å². The summed E-state index contributed by atoms with van der Waals surface area (Å²) in [5.74, 6) is -0.364. The normalized spacial score (nSPS) is 11.8. The van der Waals surface area contributed by atoms with Crippen LogP contribution < -0.4 is 10.6 Å². The lowest BCUT2D eigenvalue weighted by molar-refractivity contribution is 0.175. The number of carbonyl (C=O) groups is 1. The summed E-state index contributed by atoms with van der Waals surface area (Å²) >= 11 is 0. The highest BCUT2D eigenvalue weighted by Gasteiger charge is 2.10. The first-order chi connectivity index (χ1) is 10.5. The first-order valence-electron chi connectivity index (χ1n) is 7.01. The lowest BCUT2D eigenvalue weighted by Gasteiger charge is -2.14. The van der Waals surface area contributed by atoms with Crippen molar-refractivity contribution in [3.8, 4) is 0 Å². The van der Waals surface area contributed by atoms with Crippen LogP contribution in [-0.2, 0) is 0 Å². The summed E-state index contributed by atoms with van der Waals surface area (Å²) in [5, 5.41) is 15.3. The number of halogens is 1. The molecule has 0 aliphatic carbocycles. The van der Waals surface area contributed by atoms with Gasteiger partial charge in [0.05, 0.1) is 6.10 Å². The van der Waals surface area contributed by atoms with E-state index in [1.165, 1.54) is 24.3 Å². The highest BCUT2D eigenvalue weighted by molar-refractivity contribution is 5.90. The van der Waals surface area contributed by atoms with Gasteiger partial charge >= 0.3 is 6.03 Å². The van der Waals surface area contributed by atoms with Gasteiger partial charge in [-0.1, -0.05) is 24.3 Å². The molecule has 5 heteroatoms. The molecule has 2 amide bonds. The van der Waals surface area contributed by atoms with Crippen LogP contribution in [0.2, 0.25) is 0 Å². The molecule has 0 aliphatic heterocycles. The van der Waals surface area contributed by atoms with Crippen molar-refractivity contribution in [1.29, 1.82) is 0 Å². The van der Waals surface area contributed by atoms with Crippen molar-refractivity contribution in [3.05, 3.63) is 65.0 Å². The van der Waals surface area contributed by atoms with Gasteiger partial charge in [-0.05, 0) is 48.7 Å². The van der Waals surface area contributed by atoms with E-state index < -0.39 is 12.1 Å². The Morgan fingerprint density at radius 1 is 1.18 bits per heavy atom. The zero-order valence-electron chi connectivity index (χ0n) is 12.6. The fourth-order valence-corrected chi connectivity index (χ4v) is 2.03. The second kappa shape index (κ2) is 7.04. The minimum Gasteiger partial charge on any atom is -0.387 e. The van der Waals surface area contributed by atoms with Crippen LogP contribution in [0.1, 0.15) is 22.8 Å². The Bertz CT molecular complexity index is 656. The average molecular weight is 302 g/mol. The lowest BCUT2D eigenvalue weighted by Crippen LogP contribution is -2.32. The van der Waals surface area contributed by atoms with Crippen LogP contribution in [0.5, 0.6) is 0 Å². The molecule has 0 aliphatic rings. The predicted octanol–water partition coefficient (Wildman–Crippen LogP) is 3.30. The number of carbonyl (C=O) groups excluding carboxylic acids is 1. The number of nitrogens with one attached hydrogen (secondary N) is 2. The molecule has 0 aromatic heterocycles. The van der Waals surface area contributed by atoms with Gasteiger partial charge in [0.25, 0.3) is 0 Å². The first kappa shape index (κ1) is 16.0. The van der Waals surface area contributed by atoms with Crippen molar-refractivity contribution in [2.75, 3.05) is 11.9 Å². The number of aliphatic hydroxyl groups is 1. The monoisotopic (exact) mass is 302 g/mol. The number of benzene rings is 2. The van der Waals surface area contributed by atoms with Crippen molar-refractivity contribution in [2.24, 2.45) is 0 Å². The van der Waals surface area contributed by atoms with Gasteiger partial charge in [-0.15, -0.1) is 0 Å². The zero-order valence-corrected chi connectivity index (χ0v) is 12.6. The van der Waals surface area contributed by atoms with Gasteiger partial charge in [-0.25, -0.2) is 9.18 Å². The molecule has 1 atom stereocenters. The van der Waals surface area contributed by atoms with Crippen LogP contribution >= 0.6 is 0 Å². The van der Waals surface area contributed by atoms with E-state index in [0.29, 0.717) is 5.56 Å². The fraction of sp³-hybridized carbons (Fsp3) is 0.235.